The summed E-state index contributed by atoms with van der Waals surface area (Å²) in [5.41, 5.74) is 9.54. The molecule has 0 atom stereocenters. The molecule has 0 saturated heterocycles. The molecule has 1 aliphatic rings. The lowest BCUT2D eigenvalue weighted by Gasteiger charge is -2.22. The Bertz CT molecular complexity index is 1830. The summed E-state index contributed by atoms with van der Waals surface area (Å²) >= 11 is 3.86. The highest BCUT2D eigenvalue weighted by Crippen LogP contribution is 2.57. The number of aryl methyl sites for hydroxylation is 1. The lowest BCUT2D eigenvalue weighted by atomic mass is 9.81. The Hall–Kier alpha value is -3.53. The minimum atomic E-state index is 0.890. The summed E-state index contributed by atoms with van der Waals surface area (Å²) in [5.74, 6) is 0.890. The number of hydrogen-bond acceptors (Lipinski definition) is 3. The van der Waals surface area contributed by atoms with E-state index in [2.05, 4.69) is 104 Å². The molecule has 0 radical (unpaired) electrons. The van der Waals surface area contributed by atoms with Crippen LogP contribution in [0.3, 0.4) is 0 Å². The molecule has 5 aromatic carbocycles. The Morgan fingerprint density at radius 1 is 0.667 bits per heavy atom. The number of thiophene rings is 1. The van der Waals surface area contributed by atoms with E-state index in [9.17, 15) is 0 Å². The fraction of sp³-hybridized carbons (Fsp3) is 0.167. The van der Waals surface area contributed by atoms with Crippen molar-refractivity contribution < 1.29 is 4.74 Å². The van der Waals surface area contributed by atoms with Gasteiger partial charge in [0.2, 0.25) is 0 Å². The molecule has 0 unspecified atom stereocenters. The molecule has 1 aromatic heterocycles. The molecule has 1 aliphatic heterocycles. The predicted octanol–water partition coefficient (Wildman–Crippen LogP) is 11.3. The van der Waals surface area contributed by atoms with Crippen LogP contribution in [0.15, 0.2) is 107 Å². The summed E-state index contributed by atoms with van der Waals surface area (Å²) in [6.45, 7) is 2.29. The van der Waals surface area contributed by atoms with Crippen LogP contribution >= 0.6 is 23.1 Å². The maximum atomic E-state index is 5.56. The first-order chi connectivity index (χ1) is 19.3. The van der Waals surface area contributed by atoms with Gasteiger partial charge in [-0.1, -0.05) is 98.3 Å². The third-order valence-corrected chi connectivity index (χ3v) is 10.2. The van der Waals surface area contributed by atoms with Crippen LogP contribution in [-0.2, 0) is 6.42 Å². The Labute approximate surface area is 238 Å². The molecule has 3 heteroatoms. The quantitative estimate of drug-likeness (QED) is 0.193. The zero-order chi connectivity index (χ0) is 26.3. The number of rotatable bonds is 6. The van der Waals surface area contributed by atoms with Gasteiger partial charge in [-0.15, -0.1) is 11.3 Å². The summed E-state index contributed by atoms with van der Waals surface area (Å²) < 4.78 is 8.36. The molecule has 192 valence electrons. The van der Waals surface area contributed by atoms with Crippen LogP contribution in [0.2, 0.25) is 0 Å². The molecule has 0 N–H and O–H groups in total. The van der Waals surface area contributed by atoms with E-state index in [0.717, 1.165) is 12.2 Å². The zero-order valence-corrected chi connectivity index (χ0v) is 23.9. The fourth-order valence-electron chi connectivity index (χ4n) is 6.07. The molecule has 1 nitrogen and oxygen atoms in total. The van der Waals surface area contributed by atoms with E-state index in [-0.39, 0.29) is 0 Å². The number of methoxy groups -OCH3 is 1. The van der Waals surface area contributed by atoms with Gasteiger partial charge in [0, 0.05) is 35.5 Å². The van der Waals surface area contributed by atoms with Gasteiger partial charge in [-0.05, 0) is 76.6 Å². The minimum absolute atomic E-state index is 0.890. The Morgan fingerprint density at radius 2 is 1.33 bits per heavy atom. The van der Waals surface area contributed by atoms with Crippen molar-refractivity contribution in [2.24, 2.45) is 0 Å². The lowest BCUT2D eigenvalue weighted by molar-refractivity contribution is 0.415. The molecular weight excluding hydrogens is 513 g/mol. The van der Waals surface area contributed by atoms with E-state index in [1.165, 1.54) is 88.2 Å². The van der Waals surface area contributed by atoms with Gasteiger partial charge in [-0.2, -0.15) is 0 Å². The van der Waals surface area contributed by atoms with Crippen LogP contribution in [-0.4, -0.2) is 7.11 Å². The Morgan fingerprint density at radius 3 is 2.05 bits per heavy atom. The maximum absolute atomic E-state index is 5.56. The zero-order valence-electron chi connectivity index (χ0n) is 22.3. The fourth-order valence-corrected chi connectivity index (χ4v) is 8.45. The van der Waals surface area contributed by atoms with Crippen molar-refractivity contribution in [3.8, 4) is 39.1 Å². The summed E-state index contributed by atoms with van der Waals surface area (Å²) in [4.78, 5) is 2.64. The molecule has 2 heterocycles. The van der Waals surface area contributed by atoms with E-state index in [1.54, 1.807) is 7.11 Å². The molecule has 0 saturated carbocycles. The summed E-state index contributed by atoms with van der Waals surface area (Å²) in [6.07, 6.45) is 4.71. The van der Waals surface area contributed by atoms with E-state index in [1.807, 2.05) is 23.1 Å². The van der Waals surface area contributed by atoms with Gasteiger partial charge < -0.3 is 4.74 Å². The summed E-state index contributed by atoms with van der Waals surface area (Å²) in [7, 11) is 1.74. The van der Waals surface area contributed by atoms with Crippen LogP contribution in [0.5, 0.6) is 5.75 Å². The van der Waals surface area contributed by atoms with Gasteiger partial charge in [-0.25, -0.2) is 0 Å². The van der Waals surface area contributed by atoms with Crippen LogP contribution in [0.1, 0.15) is 31.7 Å². The monoisotopic (exact) mass is 542 g/mol. The normalized spacial score (nSPS) is 12.2. The van der Waals surface area contributed by atoms with E-state index in [0.29, 0.717) is 0 Å². The van der Waals surface area contributed by atoms with Crippen LogP contribution in [0, 0.1) is 0 Å². The third kappa shape index (κ3) is 4.07. The van der Waals surface area contributed by atoms with Crippen molar-refractivity contribution in [2.45, 2.75) is 42.4 Å². The highest BCUT2D eigenvalue weighted by Gasteiger charge is 2.29. The van der Waals surface area contributed by atoms with Crippen LogP contribution < -0.4 is 4.74 Å². The summed E-state index contributed by atoms with van der Waals surface area (Å²) in [6, 6.07) is 35.7. The van der Waals surface area contributed by atoms with Gasteiger partial charge in [-0.3, -0.25) is 0 Å². The highest BCUT2D eigenvalue weighted by atomic mass is 32.2. The topological polar surface area (TPSA) is 9.23 Å². The first-order valence-electron chi connectivity index (χ1n) is 13.8. The van der Waals surface area contributed by atoms with E-state index >= 15 is 0 Å². The van der Waals surface area contributed by atoms with Gasteiger partial charge in [0.05, 0.1) is 7.11 Å². The van der Waals surface area contributed by atoms with Gasteiger partial charge in [0.15, 0.2) is 0 Å². The average Bonchev–Trinajstić information content (AvgIpc) is 3.30. The van der Waals surface area contributed by atoms with E-state index < -0.39 is 0 Å². The average molecular weight is 543 g/mol. The molecule has 7 rings (SSSR count). The van der Waals surface area contributed by atoms with Gasteiger partial charge >= 0.3 is 0 Å². The highest BCUT2D eigenvalue weighted by molar-refractivity contribution is 7.99. The SMILES string of the molecule is CCCCCc1c(-c2ccc(OC)cc2)c2c(c3c1sc1ccccc13)-c1ccccc1Sc1ccccc1-2. The largest absolute Gasteiger partial charge is 0.497 e. The first-order valence-corrected chi connectivity index (χ1v) is 15.4. The molecule has 6 aromatic rings. The number of fused-ring (bicyclic) bond motifs is 9. The van der Waals surface area contributed by atoms with Crippen molar-refractivity contribution in [1.82, 2.24) is 0 Å². The van der Waals surface area contributed by atoms with Crippen molar-refractivity contribution in [1.29, 1.82) is 0 Å². The number of ether oxygens (including phenoxy) is 1. The standard InChI is InChI=1S/C36H30OS2/c1-3-4-5-15-28-32(23-19-21-24(37-2)22-20-23)33-25-12-6-9-16-29(25)38-30-17-10-7-13-26(30)34(33)35-27-14-8-11-18-31(27)39-36(28)35/h6-14,16-22H,3-5,15H2,1-2H3. The van der Waals surface area contributed by atoms with Crippen molar-refractivity contribution >= 4 is 43.3 Å². The molecule has 0 fully saturated rings. The minimum Gasteiger partial charge on any atom is -0.497 e. The Balaban J connectivity index is 1.72. The van der Waals surface area contributed by atoms with Crippen molar-refractivity contribution in [2.75, 3.05) is 7.11 Å². The van der Waals surface area contributed by atoms with Crippen molar-refractivity contribution in [3.63, 3.8) is 0 Å². The second-order valence-electron chi connectivity index (χ2n) is 10.2. The molecular formula is C36H30OS2. The third-order valence-electron chi connectivity index (χ3n) is 7.86. The number of hydrogen-bond donors (Lipinski definition) is 0. The van der Waals surface area contributed by atoms with Crippen LogP contribution in [0.4, 0.5) is 0 Å². The number of unbranched alkanes of at least 4 members (excludes halogenated alkanes) is 2. The first kappa shape index (κ1) is 24.5. The second kappa shape index (κ2) is 10.2. The Kier molecular flexibility index (Phi) is 6.42. The van der Waals surface area contributed by atoms with Crippen LogP contribution in [0.25, 0.3) is 53.6 Å². The summed E-state index contributed by atoms with van der Waals surface area (Å²) in [5, 5.41) is 2.78. The smallest absolute Gasteiger partial charge is 0.118 e. The number of benzene rings is 5. The second-order valence-corrected chi connectivity index (χ2v) is 12.3. The molecule has 39 heavy (non-hydrogen) atoms. The van der Waals surface area contributed by atoms with E-state index in [4.69, 9.17) is 4.74 Å². The predicted molar refractivity (Wildman–Crippen MR) is 170 cm³/mol. The maximum Gasteiger partial charge on any atom is 0.118 e. The van der Waals surface area contributed by atoms with Crippen molar-refractivity contribution in [3.05, 3.63) is 103 Å². The molecule has 0 amide bonds. The van der Waals surface area contributed by atoms with Gasteiger partial charge in [0.25, 0.3) is 0 Å². The van der Waals surface area contributed by atoms with Gasteiger partial charge in [0.1, 0.15) is 5.75 Å². The molecule has 0 spiro atoms. The lowest BCUT2D eigenvalue weighted by Crippen LogP contribution is -1.99. The molecule has 0 bridgehead atoms. The molecule has 0 aliphatic carbocycles.